The number of benzene rings is 2. The molecule has 22 heavy (non-hydrogen) atoms. The van der Waals surface area contributed by atoms with E-state index < -0.39 is 23.4 Å². The van der Waals surface area contributed by atoms with Crippen molar-refractivity contribution in [3.63, 3.8) is 0 Å². The number of nitrogen functional groups attached to an aromatic ring is 1. The highest BCUT2D eigenvalue weighted by Crippen LogP contribution is 2.12. The van der Waals surface area contributed by atoms with E-state index in [4.69, 9.17) is 5.73 Å². The molecule has 2 amide bonds. The van der Waals surface area contributed by atoms with E-state index in [-0.39, 0.29) is 17.7 Å². The van der Waals surface area contributed by atoms with Crippen molar-refractivity contribution in [2.75, 3.05) is 5.73 Å². The predicted molar refractivity (Wildman–Crippen MR) is 76.5 cm³/mol. The lowest BCUT2D eigenvalue weighted by atomic mass is 10.1. The number of hydrogen-bond acceptors (Lipinski definition) is 3. The van der Waals surface area contributed by atoms with Gasteiger partial charge in [0.15, 0.2) is 0 Å². The van der Waals surface area contributed by atoms with Crippen LogP contribution in [-0.2, 0) is 11.2 Å². The Morgan fingerprint density at radius 3 is 2.41 bits per heavy atom. The molecular weight excluding hydrogens is 292 g/mol. The van der Waals surface area contributed by atoms with E-state index in [1.165, 1.54) is 24.3 Å². The molecule has 0 aliphatic carbocycles. The highest BCUT2D eigenvalue weighted by atomic mass is 19.1. The molecule has 0 fully saturated rings. The molecule has 0 saturated heterocycles. The fourth-order valence-corrected chi connectivity index (χ4v) is 1.81. The average molecular weight is 305 g/mol. The number of nitrogens with two attached hydrogens (primary N) is 1. The number of halogens is 2. The standard InChI is InChI=1S/C15H13F2N3O2/c16-10-3-1-2-9(6-10)7-14(21)19-20-15(22)12-5-4-11(17)8-13(12)18/h1-6,8H,7,18H2,(H,19,21)(H,20,22). The summed E-state index contributed by atoms with van der Waals surface area (Å²) in [6.45, 7) is 0. The van der Waals surface area contributed by atoms with Gasteiger partial charge in [0.05, 0.1) is 12.0 Å². The third-order valence-electron chi connectivity index (χ3n) is 2.83. The van der Waals surface area contributed by atoms with Gasteiger partial charge in [-0.15, -0.1) is 0 Å². The molecule has 2 aromatic carbocycles. The van der Waals surface area contributed by atoms with Crippen molar-refractivity contribution < 1.29 is 18.4 Å². The largest absolute Gasteiger partial charge is 0.398 e. The Morgan fingerprint density at radius 1 is 1.00 bits per heavy atom. The third-order valence-corrected chi connectivity index (χ3v) is 2.83. The Hall–Kier alpha value is -2.96. The lowest BCUT2D eigenvalue weighted by Gasteiger charge is -2.09. The van der Waals surface area contributed by atoms with Gasteiger partial charge in [-0.05, 0) is 35.9 Å². The summed E-state index contributed by atoms with van der Waals surface area (Å²) in [5.41, 5.74) is 10.3. The summed E-state index contributed by atoms with van der Waals surface area (Å²) in [7, 11) is 0. The zero-order valence-electron chi connectivity index (χ0n) is 11.4. The summed E-state index contributed by atoms with van der Waals surface area (Å²) < 4.78 is 25.9. The molecule has 2 aromatic rings. The van der Waals surface area contributed by atoms with Crippen LogP contribution < -0.4 is 16.6 Å². The summed E-state index contributed by atoms with van der Waals surface area (Å²) in [6, 6.07) is 8.85. The molecule has 0 radical (unpaired) electrons. The predicted octanol–water partition coefficient (Wildman–Crippen LogP) is 1.55. The van der Waals surface area contributed by atoms with Gasteiger partial charge in [-0.1, -0.05) is 12.1 Å². The fraction of sp³-hybridized carbons (Fsp3) is 0.0667. The maximum atomic E-state index is 13.0. The lowest BCUT2D eigenvalue weighted by Crippen LogP contribution is -2.42. The van der Waals surface area contributed by atoms with Crippen LogP contribution in [0.25, 0.3) is 0 Å². The number of carbonyl (C=O) groups excluding carboxylic acids is 2. The van der Waals surface area contributed by atoms with Gasteiger partial charge in [0.1, 0.15) is 11.6 Å². The topological polar surface area (TPSA) is 84.2 Å². The van der Waals surface area contributed by atoms with Crippen molar-refractivity contribution in [1.82, 2.24) is 10.9 Å². The average Bonchev–Trinajstić information content (AvgIpc) is 2.45. The molecular formula is C15H13F2N3O2. The SMILES string of the molecule is Nc1cc(F)ccc1C(=O)NNC(=O)Cc1cccc(F)c1. The summed E-state index contributed by atoms with van der Waals surface area (Å²) in [4.78, 5) is 23.5. The van der Waals surface area contributed by atoms with E-state index in [0.29, 0.717) is 5.56 Å². The minimum absolute atomic E-state index is 0.0347. The first kappa shape index (κ1) is 15.4. The van der Waals surface area contributed by atoms with Crippen LogP contribution in [0.1, 0.15) is 15.9 Å². The normalized spacial score (nSPS) is 10.1. The minimum atomic E-state index is -0.676. The Labute approximate surface area is 125 Å². The molecule has 2 rings (SSSR count). The van der Waals surface area contributed by atoms with Crippen LogP contribution in [0.5, 0.6) is 0 Å². The zero-order valence-corrected chi connectivity index (χ0v) is 11.4. The Morgan fingerprint density at radius 2 is 1.73 bits per heavy atom. The number of nitrogens with one attached hydrogen (secondary N) is 2. The van der Waals surface area contributed by atoms with E-state index in [1.807, 2.05) is 0 Å². The second kappa shape index (κ2) is 6.66. The molecule has 4 N–H and O–H groups in total. The second-order valence-electron chi connectivity index (χ2n) is 4.54. The molecule has 0 aliphatic rings. The first-order chi connectivity index (χ1) is 10.5. The van der Waals surface area contributed by atoms with Crippen LogP contribution in [0.2, 0.25) is 0 Å². The van der Waals surface area contributed by atoms with Crippen LogP contribution in [0.15, 0.2) is 42.5 Å². The minimum Gasteiger partial charge on any atom is -0.398 e. The number of anilines is 1. The molecule has 0 bridgehead atoms. The first-order valence-corrected chi connectivity index (χ1v) is 6.34. The molecule has 0 aliphatic heterocycles. The number of rotatable bonds is 3. The smallest absolute Gasteiger partial charge is 0.271 e. The lowest BCUT2D eigenvalue weighted by molar-refractivity contribution is -0.121. The molecule has 0 saturated carbocycles. The van der Waals surface area contributed by atoms with Crippen molar-refractivity contribution in [2.45, 2.75) is 6.42 Å². The van der Waals surface area contributed by atoms with E-state index in [1.54, 1.807) is 6.07 Å². The van der Waals surface area contributed by atoms with Crippen LogP contribution in [0.4, 0.5) is 14.5 Å². The molecule has 0 unspecified atom stereocenters. The Balaban J connectivity index is 1.92. The van der Waals surface area contributed by atoms with E-state index in [0.717, 1.165) is 12.1 Å². The maximum absolute atomic E-state index is 13.0. The summed E-state index contributed by atoms with van der Waals surface area (Å²) in [5.74, 6) is -2.22. The second-order valence-corrected chi connectivity index (χ2v) is 4.54. The number of amides is 2. The van der Waals surface area contributed by atoms with Crippen LogP contribution >= 0.6 is 0 Å². The van der Waals surface area contributed by atoms with Crippen LogP contribution in [0, 0.1) is 11.6 Å². The molecule has 0 atom stereocenters. The van der Waals surface area contributed by atoms with Crippen molar-refractivity contribution in [3.05, 3.63) is 65.2 Å². The molecule has 0 aromatic heterocycles. The quantitative estimate of drug-likeness (QED) is 0.594. The van der Waals surface area contributed by atoms with Crippen molar-refractivity contribution in [1.29, 1.82) is 0 Å². The Bertz CT molecular complexity index is 720. The van der Waals surface area contributed by atoms with Gasteiger partial charge in [-0.3, -0.25) is 20.4 Å². The molecule has 7 heteroatoms. The summed E-state index contributed by atoms with van der Waals surface area (Å²) in [5, 5.41) is 0. The molecule has 0 heterocycles. The number of carbonyl (C=O) groups is 2. The monoisotopic (exact) mass is 305 g/mol. The summed E-state index contributed by atoms with van der Waals surface area (Å²) in [6.07, 6.45) is -0.100. The van der Waals surface area contributed by atoms with E-state index in [9.17, 15) is 18.4 Å². The van der Waals surface area contributed by atoms with Crippen molar-refractivity contribution in [2.24, 2.45) is 0 Å². The van der Waals surface area contributed by atoms with Gasteiger partial charge >= 0.3 is 0 Å². The van der Waals surface area contributed by atoms with Gasteiger partial charge < -0.3 is 5.73 Å². The fourth-order valence-electron chi connectivity index (χ4n) is 1.81. The van der Waals surface area contributed by atoms with Gasteiger partial charge in [0.2, 0.25) is 5.91 Å². The molecule has 114 valence electrons. The number of hydrogen-bond donors (Lipinski definition) is 3. The summed E-state index contributed by atoms with van der Waals surface area (Å²) >= 11 is 0. The van der Waals surface area contributed by atoms with Crippen molar-refractivity contribution in [3.8, 4) is 0 Å². The highest BCUT2D eigenvalue weighted by Gasteiger charge is 2.11. The van der Waals surface area contributed by atoms with Crippen LogP contribution in [-0.4, -0.2) is 11.8 Å². The third kappa shape index (κ3) is 4.02. The molecule has 5 nitrogen and oxygen atoms in total. The molecule has 0 spiro atoms. The first-order valence-electron chi connectivity index (χ1n) is 6.34. The Kier molecular flexibility index (Phi) is 4.67. The van der Waals surface area contributed by atoms with Gasteiger partial charge in [0, 0.05) is 5.69 Å². The van der Waals surface area contributed by atoms with Gasteiger partial charge in [-0.2, -0.15) is 0 Å². The van der Waals surface area contributed by atoms with Crippen LogP contribution in [0.3, 0.4) is 0 Å². The zero-order chi connectivity index (χ0) is 16.1. The van der Waals surface area contributed by atoms with E-state index >= 15 is 0 Å². The van der Waals surface area contributed by atoms with Gasteiger partial charge in [0.25, 0.3) is 5.91 Å². The van der Waals surface area contributed by atoms with Crippen molar-refractivity contribution >= 4 is 17.5 Å². The highest BCUT2D eigenvalue weighted by molar-refractivity contribution is 5.99. The number of hydrazine groups is 1. The maximum Gasteiger partial charge on any atom is 0.271 e. The van der Waals surface area contributed by atoms with E-state index in [2.05, 4.69) is 10.9 Å². The van der Waals surface area contributed by atoms with Gasteiger partial charge in [-0.25, -0.2) is 8.78 Å².